The number of ether oxygens (including phenoxy) is 5. The van der Waals surface area contributed by atoms with Crippen LogP contribution in [0.1, 0.15) is 104 Å². The summed E-state index contributed by atoms with van der Waals surface area (Å²) in [6.45, 7) is 6.10. The van der Waals surface area contributed by atoms with Crippen molar-refractivity contribution in [2.24, 2.45) is 11.1 Å². The first-order chi connectivity index (χ1) is 26.2. The molecule has 0 aliphatic carbocycles. The summed E-state index contributed by atoms with van der Waals surface area (Å²) in [6, 6.07) is 0.173. The summed E-state index contributed by atoms with van der Waals surface area (Å²) < 4.78 is 30.3. The summed E-state index contributed by atoms with van der Waals surface area (Å²) in [5.41, 5.74) is 3.19. The van der Waals surface area contributed by atoms with Gasteiger partial charge >= 0.3 is 11.7 Å². The molecule has 9 atom stereocenters. The Morgan fingerprint density at radius 2 is 1.75 bits per heavy atom. The Morgan fingerprint density at radius 1 is 1.05 bits per heavy atom. The third-order valence-electron chi connectivity index (χ3n) is 10.2. The van der Waals surface area contributed by atoms with Crippen LogP contribution in [0.2, 0.25) is 0 Å². The normalized spacial score (nSPS) is 27.6. The molecular weight excluding hydrogens is 722 g/mol. The zero-order valence-electron chi connectivity index (χ0n) is 32.0. The molecule has 0 radical (unpaired) electrons. The highest BCUT2D eigenvalue weighted by Gasteiger charge is 2.55. The molecule has 9 unspecified atom stereocenters. The van der Waals surface area contributed by atoms with E-state index in [1.807, 2.05) is 0 Å². The van der Waals surface area contributed by atoms with Gasteiger partial charge in [-0.2, -0.15) is 0 Å². The van der Waals surface area contributed by atoms with Crippen molar-refractivity contribution in [3.63, 3.8) is 0 Å². The number of nitrogens with zero attached hydrogens (tertiary/aromatic N) is 1. The van der Waals surface area contributed by atoms with E-state index in [2.05, 4.69) is 22.5 Å². The summed E-state index contributed by atoms with van der Waals surface area (Å²) >= 11 is 0. The van der Waals surface area contributed by atoms with Crippen LogP contribution in [0.25, 0.3) is 0 Å². The Hall–Kier alpha value is -4.10. The highest BCUT2D eigenvalue weighted by Crippen LogP contribution is 2.38. The Balaban J connectivity index is 1.53. The number of aromatic nitrogens is 2. The third-order valence-corrected chi connectivity index (χ3v) is 10.2. The topological polar surface area (TPSA) is 260 Å². The van der Waals surface area contributed by atoms with Gasteiger partial charge in [-0.05, 0) is 45.6 Å². The molecule has 1 aromatic rings. The zero-order chi connectivity index (χ0) is 40.3. The van der Waals surface area contributed by atoms with Crippen LogP contribution in [0.3, 0.4) is 0 Å². The van der Waals surface area contributed by atoms with E-state index in [4.69, 9.17) is 29.4 Å². The van der Waals surface area contributed by atoms with E-state index >= 15 is 0 Å². The number of primary amides is 1. The monoisotopic (exact) mass is 779 g/mol. The minimum atomic E-state index is -1.89. The molecule has 308 valence electrons. The fourth-order valence-electron chi connectivity index (χ4n) is 6.88. The van der Waals surface area contributed by atoms with E-state index in [1.165, 1.54) is 32.8 Å². The van der Waals surface area contributed by atoms with Gasteiger partial charge in [0, 0.05) is 25.9 Å². The third kappa shape index (κ3) is 11.5. The van der Waals surface area contributed by atoms with Crippen LogP contribution < -0.4 is 27.6 Å². The number of hydrogen-bond acceptors (Lipinski definition) is 13. The lowest BCUT2D eigenvalue weighted by Crippen LogP contribution is -2.54. The maximum absolute atomic E-state index is 13.8. The number of amides is 3. The lowest BCUT2D eigenvalue weighted by molar-refractivity contribution is -0.241. The van der Waals surface area contributed by atoms with Crippen LogP contribution >= 0.6 is 0 Å². The largest absolute Gasteiger partial charge is 0.456 e. The number of aliphatic hydroxyl groups is 2. The lowest BCUT2D eigenvalue weighted by Gasteiger charge is -2.35. The van der Waals surface area contributed by atoms with Crippen molar-refractivity contribution in [1.29, 1.82) is 0 Å². The van der Waals surface area contributed by atoms with Crippen LogP contribution in [0.5, 0.6) is 0 Å². The molecule has 18 heteroatoms. The summed E-state index contributed by atoms with van der Waals surface area (Å²) in [4.78, 5) is 79.4. The van der Waals surface area contributed by atoms with E-state index in [-0.39, 0.29) is 0 Å². The predicted octanol–water partition coefficient (Wildman–Crippen LogP) is 0.535. The van der Waals surface area contributed by atoms with Crippen molar-refractivity contribution in [2.75, 3.05) is 13.7 Å². The highest BCUT2D eigenvalue weighted by molar-refractivity contribution is 5.95. The highest BCUT2D eigenvalue weighted by atomic mass is 16.7. The van der Waals surface area contributed by atoms with Gasteiger partial charge in [0.25, 0.3) is 11.5 Å². The van der Waals surface area contributed by atoms with Gasteiger partial charge in [-0.15, -0.1) is 0 Å². The standard InChI is InChI=1S/C37H57N5O13/c1-5-6-7-8-9-10-11-13-17-37(2,3)35(49)55-29-26(51-4)27(53-33(29)42-19-16-24(44)41-36(42)50)28(30(38)46)54-34-25(45)22(43)20-23(52-34)32(48)40-21-15-12-14-18-39-31(21)47/h16,19-22,25-29,33-34,43,45H,5-15,17-18H2,1-4H3,(H2,38,46)(H,39,47)(H,40,48)(H,41,44,50). The van der Waals surface area contributed by atoms with E-state index in [1.54, 1.807) is 13.8 Å². The number of nitrogens with two attached hydrogens (primary N) is 1. The number of methoxy groups -OCH3 is 1. The van der Waals surface area contributed by atoms with Gasteiger partial charge < -0.3 is 50.3 Å². The minimum absolute atomic E-state index is 0.360. The number of aromatic amines is 1. The Morgan fingerprint density at radius 3 is 2.40 bits per heavy atom. The maximum atomic E-state index is 13.8. The molecule has 3 aliphatic heterocycles. The van der Waals surface area contributed by atoms with Crippen LogP contribution in [0, 0.1) is 5.41 Å². The quantitative estimate of drug-likeness (QED) is 0.0829. The van der Waals surface area contributed by atoms with Crippen molar-refractivity contribution in [3.8, 4) is 0 Å². The summed E-state index contributed by atoms with van der Waals surface area (Å²) in [6.07, 6.45) is -0.112. The molecular formula is C37H57N5O13. The number of aliphatic hydroxyl groups excluding tert-OH is 2. The first-order valence-corrected chi connectivity index (χ1v) is 19.2. The second-order valence-corrected chi connectivity index (χ2v) is 15.0. The predicted molar refractivity (Wildman–Crippen MR) is 195 cm³/mol. The average Bonchev–Trinajstić information content (AvgIpc) is 3.35. The van der Waals surface area contributed by atoms with Crippen LogP contribution in [0.15, 0.2) is 33.7 Å². The van der Waals surface area contributed by atoms with Gasteiger partial charge in [-0.3, -0.25) is 33.5 Å². The summed E-state index contributed by atoms with van der Waals surface area (Å²) in [5.74, 6) is -3.58. The van der Waals surface area contributed by atoms with Crippen molar-refractivity contribution in [2.45, 2.75) is 153 Å². The van der Waals surface area contributed by atoms with Crippen LogP contribution in [-0.4, -0.2) is 106 Å². The number of esters is 1. The van der Waals surface area contributed by atoms with Crippen molar-refractivity contribution in [3.05, 3.63) is 44.9 Å². The molecule has 1 aromatic heterocycles. The molecule has 4 rings (SSSR count). The smallest absolute Gasteiger partial charge is 0.330 e. The zero-order valence-corrected chi connectivity index (χ0v) is 32.0. The fraction of sp³-hybridized carbons (Fsp3) is 0.730. The first kappa shape index (κ1) is 43.6. The molecule has 0 spiro atoms. The van der Waals surface area contributed by atoms with Crippen molar-refractivity contribution in [1.82, 2.24) is 20.2 Å². The van der Waals surface area contributed by atoms with E-state index in [0.717, 1.165) is 55.0 Å². The average molecular weight is 780 g/mol. The molecule has 4 heterocycles. The molecule has 0 saturated carbocycles. The van der Waals surface area contributed by atoms with Crippen LogP contribution in [-0.2, 0) is 42.9 Å². The Labute approximate surface area is 319 Å². The van der Waals surface area contributed by atoms with E-state index in [0.29, 0.717) is 25.8 Å². The van der Waals surface area contributed by atoms with Crippen LogP contribution in [0.4, 0.5) is 0 Å². The Bertz CT molecular complexity index is 1630. The maximum Gasteiger partial charge on any atom is 0.330 e. The van der Waals surface area contributed by atoms with E-state index in [9.17, 15) is 39.0 Å². The second-order valence-electron chi connectivity index (χ2n) is 15.0. The van der Waals surface area contributed by atoms with Gasteiger partial charge in [-0.25, -0.2) is 4.79 Å². The molecule has 2 fully saturated rings. The SMILES string of the molecule is CCCCCCCCCCC(C)(C)C(=O)OC1C(OC)C(C(OC2OC(C(=O)NC3CCCCNC3=O)=CC(O)C2O)C(N)=O)OC1n1ccc(=O)[nH]c1=O. The van der Waals surface area contributed by atoms with Crippen molar-refractivity contribution < 1.29 is 53.1 Å². The number of carbonyl (C=O) groups excluding carboxylic acids is 4. The number of hydrogen-bond donors (Lipinski definition) is 6. The summed E-state index contributed by atoms with van der Waals surface area (Å²) in [7, 11) is 1.24. The first-order valence-electron chi connectivity index (χ1n) is 19.2. The second kappa shape index (κ2) is 20.2. The number of rotatable bonds is 19. The molecule has 0 bridgehead atoms. The molecule has 2 saturated heterocycles. The molecule has 3 aliphatic rings. The number of H-pyrrole nitrogens is 1. The number of nitrogens with one attached hydrogen (secondary N) is 3. The minimum Gasteiger partial charge on any atom is -0.456 e. The van der Waals surface area contributed by atoms with Gasteiger partial charge in [0.1, 0.15) is 30.5 Å². The van der Waals surface area contributed by atoms with Gasteiger partial charge in [0.15, 0.2) is 24.2 Å². The fourth-order valence-corrected chi connectivity index (χ4v) is 6.88. The summed E-state index contributed by atoms with van der Waals surface area (Å²) in [5, 5.41) is 26.7. The molecule has 0 aromatic carbocycles. The van der Waals surface area contributed by atoms with E-state index < -0.39 is 101 Å². The van der Waals surface area contributed by atoms with Crippen molar-refractivity contribution >= 4 is 23.7 Å². The van der Waals surface area contributed by atoms with Gasteiger partial charge in [0.2, 0.25) is 18.1 Å². The lowest BCUT2D eigenvalue weighted by atomic mass is 9.86. The molecule has 3 amide bonds. The Kier molecular flexibility index (Phi) is 16.0. The van der Waals surface area contributed by atoms with Gasteiger partial charge in [-0.1, -0.05) is 58.3 Å². The number of carbonyl (C=O) groups is 4. The molecule has 18 nitrogen and oxygen atoms in total. The number of unbranched alkanes of at least 4 members (excludes halogenated alkanes) is 7. The van der Waals surface area contributed by atoms with Gasteiger partial charge in [0.05, 0.1) is 5.41 Å². The molecule has 55 heavy (non-hydrogen) atoms. The molecule has 7 N–H and O–H groups in total.